The summed E-state index contributed by atoms with van der Waals surface area (Å²) in [6.07, 6.45) is 0. The second-order valence-corrected chi connectivity index (χ2v) is 7.34. The molecule has 0 bridgehead atoms. The van der Waals surface area contributed by atoms with Crippen molar-refractivity contribution in [2.45, 2.75) is 6.54 Å². The van der Waals surface area contributed by atoms with Gasteiger partial charge in [0.25, 0.3) is 11.8 Å². The van der Waals surface area contributed by atoms with Crippen molar-refractivity contribution in [3.8, 4) is 5.75 Å². The van der Waals surface area contributed by atoms with Crippen LogP contribution >= 0.6 is 0 Å². The fourth-order valence-corrected chi connectivity index (χ4v) is 3.71. The van der Waals surface area contributed by atoms with Crippen molar-refractivity contribution in [2.75, 3.05) is 19.1 Å². The summed E-state index contributed by atoms with van der Waals surface area (Å²) in [5, 5.41) is 0. The Hall–Kier alpha value is -4.00. The maximum absolute atomic E-state index is 14.5. The number of ether oxygens (including phenoxy) is 1. The van der Waals surface area contributed by atoms with Gasteiger partial charge in [-0.1, -0.05) is 42.5 Å². The van der Waals surface area contributed by atoms with Gasteiger partial charge in [0.05, 0.1) is 18.4 Å². The normalized spacial score (nSPS) is 13.7. The Bertz CT molecular complexity index is 1210. The van der Waals surface area contributed by atoms with Crippen molar-refractivity contribution < 1.29 is 23.1 Å². The molecule has 7 heteroatoms. The number of nitrogens with zero attached hydrogens (tertiary/aromatic N) is 2. The molecule has 0 saturated carbocycles. The Morgan fingerprint density at radius 3 is 2.22 bits per heavy atom. The topological polar surface area (TPSA) is 49.9 Å². The van der Waals surface area contributed by atoms with Gasteiger partial charge in [-0.15, -0.1) is 0 Å². The molecule has 0 spiro atoms. The number of methoxy groups -OCH3 is 1. The van der Waals surface area contributed by atoms with Gasteiger partial charge >= 0.3 is 0 Å². The predicted octanol–water partition coefficient (Wildman–Crippen LogP) is 4.39. The van der Waals surface area contributed by atoms with E-state index < -0.39 is 23.4 Å². The Morgan fingerprint density at radius 2 is 1.59 bits per heavy atom. The Morgan fingerprint density at radius 1 is 0.906 bits per heavy atom. The number of amides is 2. The summed E-state index contributed by atoms with van der Waals surface area (Å²) in [7, 11) is 3.22. The van der Waals surface area contributed by atoms with Crippen molar-refractivity contribution in [3.05, 3.63) is 101 Å². The van der Waals surface area contributed by atoms with Gasteiger partial charge < -0.3 is 9.64 Å². The summed E-state index contributed by atoms with van der Waals surface area (Å²) in [4.78, 5) is 29.2. The molecular formula is C25H20F2N2O3. The molecule has 1 aliphatic rings. The van der Waals surface area contributed by atoms with E-state index in [1.165, 1.54) is 7.11 Å². The summed E-state index contributed by atoms with van der Waals surface area (Å²) >= 11 is 0. The molecule has 0 saturated heterocycles. The monoisotopic (exact) mass is 434 g/mol. The lowest BCUT2D eigenvalue weighted by atomic mass is 10.0. The number of carbonyl (C=O) groups excluding carboxylic acids is 2. The first-order valence-corrected chi connectivity index (χ1v) is 9.88. The first-order chi connectivity index (χ1) is 15.4. The quantitative estimate of drug-likeness (QED) is 0.540. The highest BCUT2D eigenvalue weighted by atomic mass is 19.1. The van der Waals surface area contributed by atoms with E-state index in [1.54, 1.807) is 36.2 Å². The molecule has 3 aromatic rings. The third-order valence-electron chi connectivity index (χ3n) is 5.23. The van der Waals surface area contributed by atoms with E-state index in [0.717, 1.165) is 22.6 Å². The zero-order valence-corrected chi connectivity index (χ0v) is 17.5. The largest absolute Gasteiger partial charge is 0.497 e. The smallest absolute Gasteiger partial charge is 0.282 e. The second kappa shape index (κ2) is 8.63. The number of likely N-dealkylation sites (N-methyl/N-ethyl adjacent to an activating group) is 1. The van der Waals surface area contributed by atoms with Gasteiger partial charge in [-0.05, 0) is 35.4 Å². The maximum Gasteiger partial charge on any atom is 0.282 e. The summed E-state index contributed by atoms with van der Waals surface area (Å²) < 4.78 is 33.1. The Balaban J connectivity index is 1.81. The number of benzene rings is 3. The van der Waals surface area contributed by atoms with Gasteiger partial charge in [0.1, 0.15) is 23.1 Å². The molecule has 0 unspecified atom stereocenters. The van der Waals surface area contributed by atoms with Gasteiger partial charge in [0.2, 0.25) is 0 Å². The van der Waals surface area contributed by atoms with Crippen LogP contribution in [0.5, 0.6) is 5.75 Å². The van der Waals surface area contributed by atoms with E-state index in [4.69, 9.17) is 4.74 Å². The van der Waals surface area contributed by atoms with Crippen LogP contribution < -0.4 is 9.64 Å². The standard InChI is InChI=1S/C25H20F2N2O3/c1-28(15-16-6-4-3-5-7-16)23-22(17-8-11-19(32-2)12-9-17)24(30)29(25(23)31)21-13-10-18(26)14-20(21)27/h3-14H,15H2,1-2H3. The molecule has 5 nitrogen and oxygen atoms in total. The maximum atomic E-state index is 14.5. The van der Waals surface area contributed by atoms with Crippen molar-refractivity contribution >= 4 is 23.1 Å². The summed E-state index contributed by atoms with van der Waals surface area (Å²) in [5.41, 5.74) is 1.40. The van der Waals surface area contributed by atoms with E-state index in [9.17, 15) is 18.4 Å². The minimum absolute atomic E-state index is 0.132. The van der Waals surface area contributed by atoms with Gasteiger partial charge in [-0.3, -0.25) is 9.59 Å². The Labute approximate surface area is 184 Å². The van der Waals surface area contributed by atoms with E-state index >= 15 is 0 Å². The summed E-state index contributed by atoms with van der Waals surface area (Å²) in [5.74, 6) is -2.56. The highest BCUT2D eigenvalue weighted by Gasteiger charge is 2.42. The van der Waals surface area contributed by atoms with E-state index in [1.807, 2.05) is 30.3 Å². The number of anilines is 1. The molecule has 0 fully saturated rings. The number of imide groups is 1. The molecule has 162 valence electrons. The third kappa shape index (κ3) is 3.85. The highest BCUT2D eigenvalue weighted by molar-refractivity contribution is 6.45. The molecule has 32 heavy (non-hydrogen) atoms. The van der Waals surface area contributed by atoms with Crippen molar-refractivity contribution in [3.63, 3.8) is 0 Å². The SMILES string of the molecule is COc1ccc(C2=C(N(C)Cc3ccccc3)C(=O)N(c3ccc(F)cc3F)C2=O)cc1. The number of rotatable bonds is 6. The lowest BCUT2D eigenvalue weighted by Crippen LogP contribution is -2.34. The number of hydrogen-bond acceptors (Lipinski definition) is 4. The number of halogens is 2. The van der Waals surface area contributed by atoms with Gasteiger partial charge in [-0.25, -0.2) is 13.7 Å². The number of hydrogen-bond donors (Lipinski definition) is 0. The van der Waals surface area contributed by atoms with Crippen LogP contribution in [0.4, 0.5) is 14.5 Å². The van der Waals surface area contributed by atoms with Crippen LogP contribution in [0, 0.1) is 11.6 Å². The minimum Gasteiger partial charge on any atom is -0.497 e. The number of carbonyl (C=O) groups is 2. The molecule has 1 heterocycles. The average molecular weight is 434 g/mol. The fraction of sp³-hybridized carbons (Fsp3) is 0.120. The molecule has 0 atom stereocenters. The molecule has 1 aliphatic heterocycles. The lowest BCUT2D eigenvalue weighted by Gasteiger charge is -2.22. The molecular weight excluding hydrogens is 414 g/mol. The van der Waals surface area contributed by atoms with Crippen LogP contribution in [-0.2, 0) is 16.1 Å². The third-order valence-corrected chi connectivity index (χ3v) is 5.23. The molecule has 0 radical (unpaired) electrons. The van der Waals surface area contributed by atoms with E-state index in [-0.39, 0.29) is 17.0 Å². The molecule has 4 rings (SSSR count). The summed E-state index contributed by atoms with van der Waals surface area (Å²) in [6.45, 7) is 0.356. The zero-order valence-electron chi connectivity index (χ0n) is 17.5. The van der Waals surface area contributed by atoms with E-state index in [0.29, 0.717) is 23.9 Å². The van der Waals surface area contributed by atoms with Gasteiger partial charge in [0.15, 0.2) is 0 Å². The Kier molecular flexibility index (Phi) is 5.73. The molecule has 0 aromatic heterocycles. The van der Waals surface area contributed by atoms with Crippen LogP contribution in [0.25, 0.3) is 5.57 Å². The second-order valence-electron chi connectivity index (χ2n) is 7.34. The highest BCUT2D eigenvalue weighted by Crippen LogP contribution is 2.36. The van der Waals surface area contributed by atoms with Gasteiger partial charge in [-0.2, -0.15) is 0 Å². The van der Waals surface area contributed by atoms with Crippen molar-refractivity contribution in [1.29, 1.82) is 0 Å². The first kappa shape index (κ1) is 21.2. The molecule has 2 amide bonds. The molecule has 0 aliphatic carbocycles. The van der Waals surface area contributed by atoms with Crippen LogP contribution in [0.15, 0.2) is 78.5 Å². The van der Waals surface area contributed by atoms with Gasteiger partial charge in [0, 0.05) is 19.7 Å². The molecule has 3 aromatic carbocycles. The van der Waals surface area contributed by atoms with Crippen LogP contribution in [0.1, 0.15) is 11.1 Å². The van der Waals surface area contributed by atoms with Crippen LogP contribution in [0.3, 0.4) is 0 Å². The zero-order chi connectivity index (χ0) is 22.8. The average Bonchev–Trinajstić information content (AvgIpc) is 3.05. The van der Waals surface area contributed by atoms with Crippen LogP contribution in [-0.4, -0.2) is 30.9 Å². The lowest BCUT2D eigenvalue weighted by molar-refractivity contribution is -0.120. The van der Waals surface area contributed by atoms with Crippen molar-refractivity contribution in [2.24, 2.45) is 0 Å². The first-order valence-electron chi connectivity index (χ1n) is 9.88. The van der Waals surface area contributed by atoms with E-state index in [2.05, 4.69) is 0 Å². The predicted molar refractivity (Wildman–Crippen MR) is 117 cm³/mol. The minimum atomic E-state index is -0.993. The fourth-order valence-electron chi connectivity index (χ4n) is 3.71. The summed E-state index contributed by atoms with van der Waals surface area (Å²) in [6, 6.07) is 18.9. The van der Waals surface area contributed by atoms with Crippen LogP contribution in [0.2, 0.25) is 0 Å². The van der Waals surface area contributed by atoms with Crippen molar-refractivity contribution in [1.82, 2.24) is 4.90 Å². The molecule has 0 N–H and O–H groups in total.